The summed E-state index contributed by atoms with van der Waals surface area (Å²) in [7, 11) is 0. The average Bonchev–Trinajstić information content (AvgIpc) is 2.54. The Balaban J connectivity index is 2.16. The van der Waals surface area contributed by atoms with Crippen molar-refractivity contribution in [1.29, 1.82) is 0 Å². The van der Waals surface area contributed by atoms with E-state index in [2.05, 4.69) is 5.32 Å². The van der Waals surface area contributed by atoms with Gasteiger partial charge in [0, 0.05) is 10.7 Å². The zero-order valence-electron chi connectivity index (χ0n) is 13.0. The lowest BCUT2D eigenvalue weighted by molar-refractivity contribution is -0.122. The van der Waals surface area contributed by atoms with Crippen molar-refractivity contribution in [2.45, 2.75) is 13.0 Å². The first-order chi connectivity index (χ1) is 11.8. The van der Waals surface area contributed by atoms with E-state index in [-0.39, 0.29) is 16.8 Å². The maximum absolute atomic E-state index is 12.2. The average molecular weight is 364 g/mol. The zero-order valence-corrected chi connectivity index (χ0v) is 13.8. The molecule has 2 aromatic carbocycles. The topological polar surface area (TPSA) is 113 Å². The van der Waals surface area contributed by atoms with Crippen LogP contribution in [-0.4, -0.2) is 34.2 Å². The van der Waals surface area contributed by atoms with E-state index < -0.39 is 23.9 Å². The lowest BCUT2D eigenvalue weighted by Crippen LogP contribution is -2.30. The second kappa shape index (κ2) is 7.67. The predicted molar refractivity (Wildman–Crippen MR) is 90.5 cm³/mol. The molecule has 25 heavy (non-hydrogen) atoms. The number of hydrogen-bond donors (Lipinski definition) is 3. The minimum atomic E-state index is -1.30. The molecule has 1 amide bonds. The number of carboxylic acid groups (broad SMARTS) is 2. The van der Waals surface area contributed by atoms with Crippen LogP contribution in [0.25, 0.3) is 0 Å². The Labute approximate surface area is 147 Å². The van der Waals surface area contributed by atoms with Crippen molar-refractivity contribution in [3.05, 3.63) is 58.6 Å². The van der Waals surface area contributed by atoms with Crippen LogP contribution in [0.1, 0.15) is 27.6 Å². The summed E-state index contributed by atoms with van der Waals surface area (Å²) in [4.78, 5) is 34.4. The fraction of sp³-hybridized carbons (Fsp3) is 0.118. The molecule has 0 aliphatic rings. The van der Waals surface area contributed by atoms with E-state index in [1.54, 1.807) is 24.3 Å². The predicted octanol–water partition coefficient (Wildman–Crippen LogP) is 3.14. The van der Waals surface area contributed by atoms with Crippen molar-refractivity contribution in [1.82, 2.24) is 0 Å². The molecule has 0 radical (unpaired) electrons. The van der Waals surface area contributed by atoms with Gasteiger partial charge in [-0.1, -0.05) is 17.7 Å². The summed E-state index contributed by atoms with van der Waals surface area (Å²) in [5.41, 5.74) is -0.457. The van der Waals surface area contributed by atoms with Crippen LogP contribution in [0.15, 0.2) is 42.5 Å². The number of halogens is 1. The number of carboxylic acids is 2. The van der Waals surface area contributed by atoms with Gasteiger partial charge >= 0.3 is 11.9 Å². The second-order valence-corrected chi connectivity index (χ2v) is 5.55. The second-order valence-electron chi connectivity index (χ2n) is 5.12. The zero-order chi connectivity index (χ0) is 18.6. The Kier molecular flexibility index (Phi) is 5.61. The van der Waals surface area contributed by atoms with Gasteiger partial charge in [-0.25, -0.2) is 9.59 Å². The summed E-state index contributed by atoms with van der Waals surface area (Å²) in [5.74, 6) is -2.79. The number of rotatable bonds is 6. The molecule has 0 fully saturated rings. The molecule has 130 valence electrons. The maximum Gasteiger partial charge on any atom is 0.335 e. The van der Waals surface area contributed by atoms with Crippen molar-refractivity contribution in [3.63, 3.8) is 0 Å². The highest BCUT2D eigenvalue weighted by atomic mass is 35.5. The maximum atomic E-state index is 12.2. The molecule has 8 heteroatoms. The van der Waals surface area contributed by atoms with Crippen molar-refractivity contribution in [2.24, 2.45) is 0 Å². The highest BCUT2D eigenvalue weighted by Gasteiger charge is 2.17. The van der Waals surface area contributed by atoms with Crippen LogP contribution in [0, 0.1) is 0 Å². The van der Waals surface area contributed by atoms with Crippen molar-refractivity contribution in [2.75, 3.05) is 5.32 Å². The number of carbonyl (C=O) groups is 3. The standard InChI is InChI=1S/C17H14ClNO6/c1-9(25-14-4-2-3-12(18)8-14)15(20)19-13-6-10(16(21)22)5-11(7-13)17(23)24/h2-9H,1H3,(H,19,20)(H,21,22)(H,23,24)/t9-/m0/s1. The molecule has 0 aromatic heterocycles. The lowest BCUT2D eigenvalue weighted by atomic mass is 10.1. The van der Waals surface area contributed by atoms with Crippen LogP contribution in [-0.2, 0) is 4.79 Å². The van der Waals surface area contributed by atoms with Crippen LogP contribution in [0.2, 0.25) is 5.02 Å². The minimum absolute atomic E-state index is 0.0452. The summed E-state index contributed by atoms with van der Waals surface area (Å²) >= 11 is 5.84. The monoisotopic (exact) mass is 363 g/mol. The normalized spacial score (nSPS) is 11.4. The molecular weight excluding hydrogens is 350 g/mol. The summed E-state index contributed by atoms with van der Waals surface area (Å²) < 4.78 is 5.46. The Morgan fingerprint density at radius 2 is 1.64 bits per heavy atom. The van der Waals surface area contributed by atoms with Gasteiger partial charge in [0.2, 0.25) is 0 Å². The molecule has 7 nitrogen and oxygen atoms in total. The van der Waals surface area contributed by atoms with Crippen molar-refractivity contribution >= 4 is 35.1 Å². The third-order valence-corrected chi connectivity index (χ3v) is 3.41. The van der Waals surface area contributed by atoms with E-state index in [1.165, 1.54) is 19.1 Å². The first kappa shape index (κ1) is 18.3. The number of anilines is 1. The van der Waals surface area contributed by atoms with Crippen molar-refractivity contribution < 1.29 is 29.3 Å². The summed E-state index contributed by atoms with van der Waals surface area (Å²) in [6.45, 7) is 1.50. The minimum Gasteiger partial charge on any atom is -0.481 e. The van der Waals surface area contributed by atoms with E-state index >= 15 is 0 Å². The van der Waals surface area contributed by atoms with E-state index in [1.807, 2.05) is 0 Å². The van der Waals surface area contributed by atoms with Gasteiger partial charge in [0.1, 0.15) is 5.75 Å². The number of carbonyl (C=O) groups excluding carboxylic acids is 1. The molecule has 1 atom stereocenters. The van der Waals surface area contributed by atoms with Gasteiger partial charge in [-0.05, 0) is 43.3 Å². The molecule has 2 rings (SSSR count). The van der Waals surface area contributed by atoms with Gasteiger partial charge in [0.25, 0.3) is 5.91 Å². The van der Waals surface area contributed by atoms with Crippen LogP contribution in [0.5, 0.6) is 5.75 Å². The Morgan fingerprint density at radius 3 is 2.16 bits per heavy atom. The third-order valence-electron chi connectivity index (χ3n) is 3.17. The Bertz CT molecular complexity index is 803. The van der Waals surface area contributed by atoms with Gasteiger partial charge in [-0.15, -0.1) is 0 Å². The fourth-order valence-electron chi connectivity index (χ4n) is 1.99. The van der Waals surface area contributed by atoms with Crippen molar-refractivity contribution in [3.8, 4) is 5.75 Å². The molecule has 0 bridgehead atoms. The summed E-state index contributed by atoms with van der Waals surface area (Å²) in [6.07, 6.45) is -0.916. The SMILES string of the molecule is C[C@H](Oc1cccc(Cl)c1)C(=O)Nc1cc(C(=O)O)cc(C(=O)O)c1. The van der Waals surface area contributed by atoms with Gasteiger partial charge in [0.15, 0.2) is 6.10 Å². The Hall–Kier alpha value is -3.06. The number of nitrogens with one attached hydrogen (secondary N) is 1. The Morgan fingerprint density at radius 1 is 1.04 bits per heavy atom. The molecular formula is C17H14ClNO6. The molecule has 3 N–H and O–H groups in total. The van der Waals surface area contributed by atoms with Gasteiger partial charge in [-0.3, -0.25) is 4.79 Å². The van der Waals surface area contributed by atoms with E-state index in [0.717, 1.165) is 6.07 Å². The molecule has 0 heterocycles. The molecule has 2 aromatic rings. The van der Waals surface area contributed by atoms with Crippen LogP contribution >= 0.6 is 11.6 Å². The van der Waals surface area contributed by atoms with Gasteiger partial charge in [-0.2, -0.15) is 0 Å². The quantitative estimate of drug-likeness (QED) is 0.726. The summed E-state index contributed by atoms with van der Waals surface area (Å²) in [6, 6.07) is 9.83. The molecule has 0 saturated carbocycles. The molecule has 0 aliphatic carbocycles. The van der Waals surface area contributed by atoms with Crippen LogP contribution < -0.4 is 10.1 Å². The first-order valence-electron chi connectivity index (χ1n) is 7.11. The highest BCUT2D eigenvalue weighted by Crippen LogP contribution is 2.20. The van der Waals surface area contributed by atoms with Gasteiger partial charge in [0.05, 0.1) is 11.1 Å². The summed E-state index contributed by atoms with van der Waals surface area (Å²) in [5, 5.41) is 21.0. The molecule has 0 aliphatic heterocycles. The largest absolute Gasteiger partial charge is 0.481 e. The molecule has 0 unspecified atom stereocenters. The van der Waals surface area contributed by atoms with E-state index in [9.17, 15) is 14.4 Å². The number of amides is 1. The van der Waals surface area contributed by atoms with Gasteiger partial charge < -0.3 is 20.3 Å². The van der Waals surface area contributed by atoms with E-state index in [0.29, 0.717) is 10.8 Å². The van der Waals surface area contributed by atoms with E-state index in [4.69, 9.17) is 26.6 Å². The first-order valence-corrected chi connectivity index (χ1v) is 7.49. The molecule has 0 saturated heterocycles. The highest BCUT2D eigenvalue weighted by molar-refractivity contribution is 6.30. The molecule has 0 spiro atoms. The number of benzene rings is 2. The number of hydrogen-bond acceptors (Lipinski definition) is 4. The van der Waals surface area contributed by atoms with Crippen LogP contribution in [0.3, 0.4) is 0 Å². The third kappa shape index (κ3) is 4.95. The lowest BCUT2D eigenvalue weighted by Gasteiger charge is -2.15. The number of aromatic carboxylic acids is 2. The number of ether oxygens (including phenoxy) is 1. The van der Waals surface area contributed by atoms with Crippen LogP contribution in [0.4, 0.5) is 5.69 Å². The fourth-order valence-corrected chi connectivity index (χ4v) is 2.17. The smallest absolute Gasteiger partial charge is 0.335 e.